The molecule has 4 nitrogen and oxygen atoms in total. The molecule has 172 valence electrons. The lowest BCUT2D eigenvalue weighted by Crippen LogP contribution is -2.38. The van der Waals surface area contributed by atoms with Gasteiger partial charge in [-0.3, -0.25) is 4.99 Å². The highest BCUT2D eigenvalue weighted by atomic mass is 35.5. The fourth-order valence-electron chi connectivity index (χ4n) is 4.14. The van der Waals surface area contributed by atoms with Crippen molar-refractivity contribution in [1.29, 1.82) is 0 Å². The highest BCUT2D eigenvalue weighted by Crippen LogP contribution is 2.37. The number of nitrogens with zero attached hydrogens (tertiary/aromatic N) is 2. The van der Waals surface area contributed by atoms with Crippen LogP contribution in [0.4, 0.5) is 5.00 Å². The number of benzene rings is 2. The van der Waals surface area contributed by atoms with E-state index in [9.17, 15) is 0 Å². The third-order valence-corrected chi connectivity index (χ3v) is 7.25. The van der Waals surface area contributed by atoms with Crippen molar-refractivity contribution in [2.45, 2.75) is 52.5 Å². The summed E-state index contributed by atoms with van der Waals surface area (Å²) in [5.41, 5.74) is 8.37. The number of hydrogen-bond acceptors (Lipinski definition) is 5. The van der Waals surface area contributed by atoms with Gasteiger partial charge in [0.15, 0.2) is 0 Å². The second-order valence-electron chi connectivity index (χ2n) is 8.87. The van der Waals surface area contributed by atoms with E-state index in [0.29, 0.717) is 16.8 Å². The molecular formula is C27H31ClN4S. The van der Waals surface area contributed by atoms with Crippen molar-refractivity contribution in [3.05, 3.63) is 86.8 Å². The molecule has 0 saturated carbocycles. The maximum atomic E-state index is 6.58. The van der Waals surface area contributed by atoms with E-state index in [2.05, 4.69) is 56.5 Å². The van der Waals surface area contributed by atoms with Gasteiger partial charge in [-0.15, -0.1) is 11.3 Å². The summed E-state index contributed by atoms with van der Waals surface area (Å²) in [4.78, 5) is 11.2. The van der Waals surface area contributed by atoms with Crippen LogP contribution in [0.2, 0.25) is 5.02 Å². The number of fused-ring (bicyclic) bond motifs is 1. The zero-order chi connectivity index (χ0) is 23.4. The van der Waals surface area contributed by atoms with Crippen LogP contribution in [0.15, 0.2) is 64.6 Å². The van der Waals surface area contributed by atoms with Crippen LogP contribution < -0.4 is 11.3 Å². The first-order valence-electron chi connectivity index (χ1n) is 11.6. The summed E-state index contributed by atoms with van der Waals surface area (Å²) in [5.74, 6) is 7.19. The maximum Gasteiger partial charge on any atom is 0.142 e. The van der Waals surface area contributed by atoms with E-state index in [0.717, 1.165) is 47.5 Å². The molecule has 2 heterocycles. The van der Waals surface area contributed by atoms with Crippen molar-refractivity contribution in [2.75, 3.05) is 0 Å². The number of thiophene rings is 1. The Kier molecular flexibility index (Phi) is 7.63. The maximum absolute atomic E-state index is 6.58. The Hall–Kier alpha value is -2.47. The zero-order valence-electron chi connectivity index (χ0n) is 19.4. The Morgan fingerprint density at radius 1 is 1.03 bits per heavy atom. The summed E-state index contributed by atoms with van der Waals surface area (Å²) in [6.45, 7) is 6.60. The Labute approximate surface area is 205 Å². The Morgan fingerprint density at radius 3 is 2.42 bits per heavy atom. The molecule has 1 atom stereocenters. The summed E-state index contributed by atoms with van der Waals surface area (Å²) < 4.78 is 0. The van der Waals surface area contributed by atoms with E-state index in [-0.39, 0.29) is 6.04 Å². The van der Waals surface area contributed by atoms with Gasteiger partial charge in [-0.05, 0) is 54.9 Å². The van der Waals surface area contributed by atoms with E-state index in [1.807, 2.05) is 24.3 Å². The monoisotopic (exact) mass is 478 g/mol. The lowest BCUT2D eigenvalue weighted by molar-refractivity contribution is 0.647. The average Bonchev–Trinajstić information content (AvgIpc) is 3.14. The predicted molar refractivity (Wildman–Crippen MR) is 142 cm³/mol. The third kappa shape index (κ3) is 5.55. The van der Waals surface area contributed by atoms with Crippen LogP contribution in [-0.2, 0) is 19.3 Å². The first kappa shape index (κ1) is 23.7. The number of rotatable bonds is 7. The Balaban J connectivity index is 1.62. The summed E-state index contributed by atoms with van der Waals surface area (Å²) in [6.07, 6.45) is 3.86. The molecule has 1 unspecified atom stereocenters. The summed E-state index contributed by atoms with van der Waals surface area (Å²) in [5, 5.41) is 1.62. The molecule has 1 aromatic heterocycles. The molecule has 0 bridgehead atoms. The molecule has 0 radical (unpaired) electrons. The number of nitrogens with one attached hydrogen (secondary N) is 1. The number of amidine groups is 1. The molecule has 0 amide bonds. The largest absolute Gasteiger partial charge is 0.310 e. The summed E-state index contributed by atoms with van der Waals surface area (Å²) in [7, 11) is 0. The standard InChI is InChI=1S/C27H31ClN4S/c1-4-24-26(32-29)31-27-22(25(30-24)21-7-5-6-8-23(21)28)16-20(33-27)14-13-18-9-11-19(12-10-18)15-17(2)3/h5-12,16-17,24H,4,13-15,29H2,1-3H3,(H,31,32). The summed E-state index contributed by atoms with van der Waals surface area (Å²) >= 11 is 8.28. The quantitative estimate of drug-likeness (QED) is 0.300. The number of halogens is 1. The minimum atomic E-state index is -0.131. The van der Waals surface area contributed by atoms with Gasteiger partial charge in [-0.25, -0.2) is 10.8 Å². The van der Waals surface area contributed by atoms with Crippen LogP contribution in [0.25, 0.3) is 0 Å². The highest BCUT2D eigenvalue weighted by Gasteiger charge is 2.25. The molecule has 3 aromatic rings. The zero-order valence-corrected chi connectivity index (χ0v) is 21.0. The van der Waals surface area contributed by atoms with Crippen molar-refractivity contribution in [1.82, 2.24) is 5.43 Å². The number of nitrogens with two attached hydrogens (primary N) is 1. The lowest BCUT2D eigenvalue weighted by atomic mass is 10.00. The summed E-state index contributed by atoms with van der Waals surface area (Å²) in [6, 6.07) is 19.0. The van der Waals surface area contributed by atoms with Crippen LogP contribution in [0.5, 0.6) is 0 Å². The van der Waals surface area contributed by atoms with Crippen LogP contribution in [0.3, 0.4) is 0 Å². The third-order valence-electron chi connectivity index (χ3n) is 5.83. The van der Waals surface area contributed by atoms with E-state index in [1.165, 1.54) is 16.0 Å². The van der Waals surface area contributed by atoms with Gasteiger partial charge < -0.3 is 5.43 Å². The Morgan fingerprint density at radius 2 is 1.76 bits per heavy atom. The lowest BCUT2D eigenvalue weighted by Gasteiger charge is -2.13. The average molecular weight is 479 g/mol. The fraction of sp³-hybridized carbons (Fsp3) is 0.333. The van der Waals surface area contributed by atoms with Gasteiger partial charge in [0.2, 0.25) is 0 Å². The van der Waals surface area contributed by atoms with Crippen LogP contribution >= 0.6 is 22.9 Å². The minimum absolute atomic E-state index is 0.131. The smallest absolute Gasteiger partial charge is 0.142 e. The van der Waals surface area contributed by atoms with Gasteiger partial charge in [0.05, 0.1) is 5.71 Å². The molecular weight excluding hydrogens is 448 g/mol. The van der Waals surface area contributed by atoms with E-state index < -0.39 is 0 Å². The van der Waals surface area contributed by atoms with E-state index in [1.54, 1.807) is 11.3 Å². The van der Waals surface area contributed by atoms with Crippen LogP contribution in [-0.4, -0.2) is 17.6 Å². The van der Waals surface area contributed by atoms with Gasteiger partial charge in [0.25, 0.3) is 0 Å². The van der Waals surface area contributed by atoms with Gasteiger partial charge in [0.1, 0.15) is 16.9 Å². The van der Waals surface area contributed by atoms with E-state index >= 15 is 0 Å². The minimum Gasteiger partial charge on any atom is -0.310 e. The van der Waals surface area contributed by atoms with Crippen molar-refractivity contribution >= 4 is 39.5 Å². The normalized spacial score (nSPS) is 15.6. The SMILES string of the molecule is CCC1N=C(c2ccccc2Cl)c2cc(CCc3ccc(CC(C)C)cc3)sc2N=C1NN. The predicted octanol–water partition coefficient (Wildman–Crippen LogP) is 6.51. The number of aryl methyl sites for hydroxylation is 2. The second-order valence-corrected chi connectivity index (χ2v) is 10.4. The highest BCUT2D eigenvalue weighted by molar-refractivity contribution is 7.16. The fourth-order valence-corrected chi connectivity index (χ4v) is 5.40. The molecule has 0 spiro atoms. The Bertz CT molecular complexity index is 1160. The molecule has 0 aliphatic carbocycles. The molecule has 0 fully saturated rings. The molecule has 1 aliphatic rings. The first-order chi connectivity index (χ1) is 16.0. The molecule has 4 rings (SSSR count). The van der Waals surface area contributed by atoms with Gasteiger partial charge >= 0.3 is 0 Å². The number of hydrazine groups is 1. The van der Waals surface area contributed by atoms with Crippen molar-refractivity contribution in [3.63, 3.8) is 0 Å². The van der Waals surface area contributed by atoms with Gasteiger partial charge in [0, 0.05) is 21.0 Å². The number of hydrogen-bond donors (Lipinski definition) is 2. The first-order valence-corrected chi connectivity index (χ1v) is 12.8. The molecule has 2 aromatic carbocycles. The molecule has 33 heavy (non-hydrogen) atoms. The molecule has 1 aliphatic heterocycles. The van der Waals surface area contributed by atoms with Crippen molar-refractivity contribution in [2.24, 2.45) is 21.7 Å². The van der Waals surface area contributed by atoms with E-state index in [4.69, 9.17) is 27.4 Å². The van der Waals surface area contributed by atoms with Crippen LogP contribution in [0, 0.1) is 5.92 Å². The molecule has 3 N–H and O–H groups in total. The van der Waals surface area contributed by atoms with Gasteiger partial charge in [-0.1, -0.05) is 74.8 Å². The van der Waals surface area contributed by atoms with Crippen LogP contribution in [0.1, 0.15) is 54.3 Å². The second kappa shape index (κ2) is 10.6. The molecule has 6 heteroatoms. The van der Waals surface area contributed by atoms with Crippen molar-refractivity contribution < 1.29 is 0 Å². The number of aliphatic imine (C=N–C) groups is 2. The topological polar surface area (TPSA) is 62.8 Å². The van der Waals surface area contributed by atoms with Crippen molar-refractivity contribution in [3.8, 4) is 0 Å². The molecule has 0 saturated heterocycles. The van der Waals surface area contributed by atoms with Gasteiger partial charge in [-0.2, -0.15) is 0 Å².